The quantitative estimate of drug-likeness (QED) is 0.284. The Balaban J connectivity index is 1.60. The summed E-state index contributed by atoms with van der Waals surface area (Å²) in [6.45, 7) is 11.6. The van der Waals surface area contributed by atoms with Crippen molar-refractivity contribution in [1.82, 2.24) is 0 Å². The molecule has 1 saturated heterocycles. The highest BCUT2D eigenvalue weighted by atomic mass is 16.5. The number of hydrogen-bond donors (Lipinski definition) is 0. The average molecular weight is 377 g/mol. The average Bonchev–Trinajstić information content (AvgIpc) is 2.71. The van der Waals surface area contributed by atoms with Crippen LogP contribution in [0.15, 0.2) is 24.3 Å². The fourth-order valence-electron chi connectivity index (χ4n) is 4.17. The van der Waals surface area contributed by atoms with Crippen molar-refractivity contribution in [3.05, 3.63) is 24.3 Å². The monoisotopic (exact) mass is 376 g/mol. The summed E-state index contributed by atoms with van der Waals surface area (Å²) in [7, 11) is 0. The molecule has 0 radical (unpaired) electrons. The Labute approximate surface area is 167 Å². The second kappa shape index (κ2) is 13.0. The molecule has 0 unspecified atom stereocenters. The van der Waals surface area contributed by atoms with Crippen molar-refractivity contribution in [3.8, 4) is 11.5 Å². The van der Waals surface area contributed by atoms with Crippen LogP contribution in [-0.2, 0) is 0 Å². The number of likely N-dealkylation sites (tertiary alicyclic amines) is 1. The van der Waals surface area contributed by atoms with Crippen LogP contribution >= 0.6 is 0 Å². The molecule has 1 fully saturated rings. The van der Waals surface area contributed by atoms with Crippen molar-refractivity contribution in [2.24, 2.45) is 0 Å². The SMILES string of the molecule is CCCCCCCOc1cccc(OCCCC[N+]2(CC)CCCCC2)c1. The summed E-state index contributed by atoms with van der Waals surface area (Å²) in [6, 6.07) is 8.15. The topological polar surface area (TPSA) is 18.5 Å². The third kappa shape index (κ3) is 8.55. The molecular formula is C24H42NO2+. The van der Waals surface area contributed by atoms with Gasteiger partial charge in [-0.1, -0.05) is 38.7 Å². The van der Waals surface area contributed by atoms with Crippen LogP contribution in [-0.4, -0.2) is 43.9 Å². The van der Waals surface area contributed by atoms with Gasteiger partial charge in [0.2, 0.25) is 0 Å². The Bertz CT molecular complexity index is 497. The van der Waals surface area contributed by atoms with Crippen LogP contribution in [0.4, 0.5) is 0 Å². The van der Waals surface area contributed by atoms with Gasteiger partial charge in [-0.3, -0.25) is 0 Å². The lowest BCUT2D eigenvalue weighted by molar-refractivity contribution is -0.931. The molecular weight excluding hydrogens is 334 g/mol. The van der Waals surface area contributed by atoms with Crippen LogP contribution in [0.2, 0.25) is 0 Å². The first-order chi connectivity index (χ1) is 13.3. The van der Waals surface area contributed by atoms with Crippen LogP contribution in [0.1, 0.15) is 78.1 Å². The van der Waals surface area contributed by atoms with Crippen molar-refractivity contribution in [2.75, 3.05) is 39.4 Å². The Morgan fingerprint density at radius 1 is 0.778 bits per heavy atom. The normalized spacial score (nSPS) is 16.2. The maximum absolute atomic E-state index is 5.98. The van der Waals surface area contributed by atoms with Crippen LogP contribution in [0.5, 0.6) is 11.5 Å². The predicted molar refractivity (Wildman–Crippen MR) is 115 cm³/mol. The standard InChI is InChI=1S/C24H42NO2/c1-3-5-6-7-12-20-26-23-15-14-16-24(22-23)27-21-13-11-19-25(4-2)17-9-8-10-18-25/h14-16,22H,3-13,17-21H2,1-2H3/q+1. The van der Waals surface area contributed by atoms with E-state index in [1.807, 2.05) is 24.3 Å². The van der Waals surface area contributed by atoms with Crippen LogP contribution in [0, 0.1) is 0 Å². The summed E-state index contributed by atoms with van der Waals surface area (Å²) in [5.74, 6) is 1.88. The van der Waals surface area contributed by atoms with Crippen LogP contribution in [0.3, 0.4) is 0 Å². The summed E-state index contributed by atoms with van der Waals surface area (Å²) in [5, 5.41) is 0. The predicted octanol–water partition coefficient (Wildman–Crippen LogP) is 6.22. The summed E-state index contributed by atoms with van der Waals surface area (Å²) >= 11 is 0. The Kier molecular flexibility index (Phi) is 10.7. The number of unbranched alkanes of at least 4 members (excludes halogenated alkanes) is 5. The lowest BCUT2D eigenvalue weighted by Crippen LogP contribution is -2.51. The fraction of sp³-hybridized carbons (Fsp3) is 0.750. The third-order valence-corrected chi connectivity index (χ3v) is 6.05. The van der Waals surface area contributed by atoms with Gasteiger partial charge in [0, 0.05) is 6.07 Å². The molecule has 0 amide bonds. The zero-order chi connectivity index (χ0) is 19.2. The number of quaternary nitrogens is 1. The van der Waals surface area contributed by atoms with Crippen molar-refractivity contribution < 1.29 is 14.0 Å². The van der Waals surface area contributed by atoms with Gasteiger partial charge >= 0.3 is 0 Å². The van der Waals surface area contributed by atoms with E-state index in [1.165, 1.54) is 82.0 Å². The maximum atomic E-state index is 5.98. The van der Waals surface area contributed by atoms with Gasteiger partial charge in [-0.15, -0.1) is 0 Å². The highest BCUT2D eigenvalue weighted by Gasteiger charge is 2.26. The number of hydrogen-bond acceptors (Lipinski definition) is 2. The first kappa shape index (κ1) is 22.1. The zero-order valence-corrected chi connectivity index (χ0v) is 17.9. The number of ether oxygens (including phenoxy) is 2. The molecule has 1 aliphatic rings. The first-order valence-corrected chi connectivity index (χ1v) is 11.5. The van der Waals surface area contributed by atoms with Gasteiger partial charge in [-0.25, -0.2) is 0 Å². The molecule has 0 atom stereocenters. The molecule has 0 aliphatic carbocycles. The van der Waals surface area contributed by atoms with E-state index < -0.39 is 0 Å². The summed E-state index contributed by atoms with van der Waals surface area (Å²) in [4.78, 5) is 0. The summed E-state index contributed by atoms with van der Waals surface area (Å²) < 4.78 is 13.2. The van der Waals surface area contributed by atoms with E-state index in [-0.39, 0.29) is 0 Å². The molecule has 0 N–H and O–H groups in total. The molecule has 0 bridgehead atoms. The van der Waals surface area contributed by atoms with Crippen LogP contribution < -0.4 is 9.47 Å². The zero-order valence-electron chi connectivity index (χ0n) is 17.9. The minimum Gasteiger partial charge on any atom is -0.493 e. The number of nitrogens with zero attached hydrogens (tertiary/aromatic N) is 1. The van der Waals surface area contributed by atoms with Gasteiger partial charge in [0.25, 0.3) is 0 Å². The number of piperidine rings is 1. The maximum Gasteiger partial charge on any atom is 0.122 e. The lowest BCUT2D eigenvalue weighted by atomic mass is 10.1. The Morgan fingerprint density at radius 2 is 1.41 bits per heavy atom. The van der Waals surface area contributed by atoms with E-state index in [9.17, 15) is 0 Å². The van der Waals surface area contributed by atoms with E-state index in [0.717, 1.165) is 37.6 Å². The number of benzene rings is 1. The van der Waals surface area contributed by atoms with E-state index in [1.54, 1.807) is 0 Å². The molecule has 3 heteroatoms. The lowest BCUT2D eigenvalue weighted by Gasteiger charge is -2.41. The highest BCUT2D eigenvalue weighted by Crippen LogP contribution is 2.21. The molecule has 154 valence electrons. The minimum absolute atomic E-state index is 0.810. The molecule has 0 saturated carbocycles. The van der Waals surface area contributed by atoms with E-state index in [4.69, 9.17) is 9.47 Å². The first-order valence-electron chi connectivity index (χ1n) is 11.5. The van der Waals surface area contributed by atoms with E-state index in [2.05, 4.69) is 13.8 Å². The molecule has 1 aliphatic heterocycles. The van der Waals surface area contributed by atoms with Crippen molar-refractivity contribution >= 4 is 0 Å². The van der Waals surface area contributed by atoms with Gasteiger partial charge in [-0.2, -0.15) is 0 Å². The molecule has 1 heterocycles. The van der Waals surface area contributed by atoms with Crippen molar-refractivity contribution in [2.45, 2.75) is 78.1 Å². The van der Waals surface area contributed by atoms with Crippen molar-refractivity contribution in [1.29, 1.82) is 0 Å². The third-order valence-electron chi connectivity index (χ3n) is 6.05. The van der Waals surface area contributed by atoms with Gasteiger partial charge in [0.1, 0.15) is 11.5 Å². The summed E-state index contributed by atoms with van der Waals surface area (Å²) in [5.41, 5.74) is 0. The summed E-state index contributed by atoms with van der Waals surface area (Å²) in [6.07, 6.45) is 13.0. The Hall–Kier alpha value is -1.22. The van der Waals surface area contributed by atoms with Gasteiger partial charge in [0.15, 0.2) is 0 Å². The second-order valence-electron chi connectivity index (χ2n) is 8.18. The van der Waals surface area contributed by atoms with E-state index >= 15 is 0 Å². The van der Waals surface area contributed by atoms with Crippen LogP contribution in [0.25, 0.3) is 0 Å². The number of rotatable bonds is 14. The van der Waals surface area contributed by atoms with Gasteiger partial charge in [0.05, 0.1) is 39.4 Å². The molecule has 3 nitrogen and oxygen atoms in total. The molecule has 2 rings (SSSR count). The second-order valence-corrected chi connectivity index (χ2v) is 8.18. The molecule has 27 heavy (non-hydrogen) atoms. The highest BCUT2D eigenvalue weighted by molar-refractivity contribution is 5.32. The molecule has 0 spiro atoms. The van der Waals surface area contributed by atoms with Gasteiger partial charge < -0.3 is 14.0 Å². The smallest absolute Gasteiger partial charge is 0.122 e. The van der Waals surface area contributed by atoms with Crippen molar-refractivity contribution in [3.63, 3.8) is 0 Å². The fourth-order valence-corrected chi connectivity index (χ4v) is 4.17. The molecule has 0 aromatic heterocycles. The molecule has 1 aromatic carbocycles. The minimum atomic E-state index is 0.810. The Morgan fingerprint density at radius 3 is 2.04 bits per heavy atom. The van der Waals surface area contributed by atoms with Gasteiger partial charge in [-0.05, 0) is 57.6 Å². The largest absolute Gasteiger partial charge is 0.493 e. The van der Waals surface area contributed by atoms with E-state index in [0.29, 0.717) is 0 Å². The molecule has 1 aromatic rings.